The van der Waals surface area contributed by atoms with Crippen molar-refractivity contribution in [2.24, 2.45) is 0 Å². The fourth-order valence-corrected chi connectivity index (χ4v) is 4.01. The molecule has 0 saturated carbocycles. The maximum Gasteiger partial charge on any atom is 0.255 e. The first-order valence-electron chi connectivity index (χ1n) is 14.0. The number of hydrogen-bond donors (Lipinski definition) is 2. The number of rotatable bonds is 7. The van der Waals surface area contributed by atoms with Crippen molar-refractivity contribution >= 4 is 28.6 Å². The molecule has 0 aliphatic rings. The second-order valence-electron chi connectivity index (χ2n) is 9.18. The summed E-state index contributed by atoms with van der Waals surface area (Å²) in [6, 6.07) is 23.0. The van der Waals surface area contributed by atoms with E-state index in [1.807, 2.05) is 73.9 Å². The fraction of sp³-hybridized carbons (Fsp3) is 0.273. The van der Waals surface area contributed by atoms with Gasteiger partial charge in [-0.1, -0.05) is 70.5 Å². The van der Waals surface area contributed by atoms with Gasteiger partial charge in [0, 0.05) is 17.4 Å². The first-order chi connectivity index (χ1) is 19.9. The number of carbonyl (C=O) groups excluding carboxylic acids is 1. The molecule has 1 atom stereocenters. The Labute approximate surface area is 242 Å². The van der Waals surface area contributed by atoms with Gasteiger partial charge in [-0.15, -0.1) is 0 Å². The quantitative estimate of drug-likeness (QED) is 0.212. The molecular formula is C33H40N6O2. The molecule has 5 aromatic rings. The molecule has 0 spiro atoms. The highest BCUT2D eigenvalue weighted by molar-refractivity contribution is 6.05. The third kappa shape index (κ3) is 7.91. The van der Waals surface area contributed by atoms with E-state index in [9.17, 15) is 4.79 Å². The molecule has 0 bridgehead atoms. The second-order valence-corrected chi connectivity index (χ2v) is 9.18. The highest BCUT2D eigenvalue weighted by Gasteiger charge is 2.13. The molecule has 0 unspecified atom stereocenters. The van der Waals surface area contributed by atoms with Crippen LogP contribution in [0.3, 0.4) is 0 Å². The van der Waals surface area contributed by atoms with Crippen LogP contribution in [0.1, 0.15) is 68.6 Å². The van der Waals surface area contributed by atoms with E-state index in [1.165, 1.54) is 6.42 Å². The molecule has 41 heavy (non-hydrogen) atoms. The van der Waals surface area contributed by atoms with Crippen LogP contribution in [0.2, 0.25) is 0 Å². The maximum atomic E-state index is 12.8. The van der Waals surface area contributed by atoms with Gasteiger partial charge in [0.2, 0.25) is 5.95 Å². The molecule has 3 aromatic carbocycles. The van der Waals surface area contributed by atoms with E-state index in [0.29, 0.717) is 28.8 Å². The zero-order valence-electron chi connectivity index (χ0n) is 25.0. The van der Waals surface area contributed by atoms with Gasteiger partial charge in [0.05, 0.1) is 24.2 Å². The first-order valence-corrected chi connectivity index (χ1v) is 14.0. The summed E-state index contributed by atoms with van der Waals surface area (Å²) in [4.78, 5) is 26.4. The number of benzene rings is 3. The van der Waals surface area contributed by atoms with E-state index in [4.69, 9.17) is 4.74 Å². The molecule has 1 amide bonds. The summed E-state index contributed by atoms with van der Waals surface area (Å²) in [6.45, 7) is 12.3. The molecule has 0 aliphatic carbocycles. The van der Waals surface area contributed by atoms with Crippen molar-refractivity contribution in [3.05, 3.63) is 102 Å². The van der Waals surface area contributed by atoms with Gasteiger partial charge < -0.3 is 15.4 Å². The number of nitrogens with zero attached hydrogens (tertiary/aromatic N) is 4. The van der Waals surface area contributed by atoms with E-state index >= 15 is 0 Å². The lowest BCUT2D eigenvalue weighted by Crippen LogP contribution is -2.12. The van der Waals surface area contributed by atoms with Crippen molar-refractivity contribution in [2.75, 3.05) is 17.7 Å². The molecule has 0 saturated heterocycles. The Bertz CT molecular complexity index is 1550. The number of hydrogen-bond acceptors (Lipinski definition) is 6. The Kier molecular flexibility index (Phi) is 11.4. The summed E-state index contributed by atoms with van der Waals surface area (Å²) in [7, 11) is 1.59. The number of amides is 1. The molecule has 8 heteroatoms. The highest BCUT2D eigenvalue weighted by atomic mass is 16.5. The SMILES string of the molecule is CC.CCC.COc1cc(C(=O)Nc2ccc3c(c2)ncn3-c2ccnc(N[C@@H](C)c3ccccc3)n2)ccc1C. The summed E-state index contributed by atoms with van der Waals surface area (Å²) in [5.74, 6) is 1.68. The highest BCUT2D eigenvalue weighted by Crippen LogP contribution is 2.24. The number of aryl methyl sites for hydroxylation is 1. The van der Waals surface area contributed by atoms with Crippen molar-refractivity contribution in [2.45, 2.75) is 54.0 Å². The lowest BCUT2D eigenvalue weighted by molar-refractivity contribution is 0.102. The fourth-order valence-electron chi connectivity index (χ4n) is 4.01. The van der Waals surface area contributed by atoms with Gasteiger partial charge in [0.15, 0.2) is 0 Å². The minimum atomic E-state index is -0.217. The second kappa shape index (κ2) is 15.2. The van der Waals surface area contributed by atoms with E-state index < -0.39 is 0 Å². The van der Waals surface area contributed by atoms with Gasteiger partial charge >= 0.3 is 0 Å². The Morgan fingerprint density at radius 1 is 0.976 bits per heavy atom. The van der Waals surface area contributed by atoms with Crippen LogP contribution in [-0.4, -0.2) is 32.5 Å². The Balaban J connectivity index is 0.000000868. The normalized spacial score (nSPS) is 10.9. The smallest absolute Gasteiger partial charge is 0.255 e. The number of ether oxygens (including phenoxy) is 1. The minimum Gasteiger partial charge on any atom is -0.496 e. The van der Waals surface area contributed by atoms with Gasteiger partial charge in [-0.25, -0.2) is 9.97 Å². The average molecular weight is 553 g/mol. The van der Waals surface area contributed by atoms with Crippen LogP contribution in [0.15, 0.2) is 85.3 Å². The van der Waals surface area contributed by atoms with Crippen LogP contribution in [0, 0.1) is 6.92 Å². The van der Waals surface area contributed by atoms with E-state index in [0.717, 1.165) is 22.2 Å². The first kappa shape index (κ1) is 30.8. The molecule has 2 N–H and O–H groups in total. The molecule has 2 aromatic heterocycles. The molecule has 0 radical (unpaired) electrons. The molecule has 214 valence electrons. The predicted octanol–water partition coefficient (Wildman–Crippen LogP) is 8.00. The van der Waals surface area contributed by atoms with Crippen LogP contribution < -0.4 is 15.4 Å². The molecule has 5 rings (SSSR count). The van der Waals surface area contributed by atoms with Gasteiger partial charge in [-0.2, -0.15) is 4.98 Å². The lowest BCUT2D eigenvalue weighted by Gasteiger charge is -2.14. The average Bonchev–Trinajstić information content (AvgIpc) is 3.43. The number of fused-ring (bicyclic) bond motifs is 1. The van der Waals surface area contributed by atoms with Gasteiger partial charge in [0.25, 0.3) is 5.91 Å². The summed E-state index contributed by atoms with van der Waals surface area (Å²) >= 11 is 0. The number of imidazole rings is 1. The van der Waals surface area contributed by atoms with Crippen LogP contribution in [-0.2, 0) is 0 Å². The molecule has 0 aliphatic heterocycles. The summed E-state index contributed by atoms with van der Waals surface area (Å²) in [5, 5.41) is 6.29. The number of anilines is 2. The van der Waals surface area contributed by atoms with E-state index in [2.05, 4.69) is 58.5 Å². The van der Waals surface area contributed by atoms with Crippen molar-refractivity contribution < 1.29 is 9.53 Å². The van der Waals surface area contributed by atoms with Crippen molar-refractivity contribution in [3.63, 3.8) is 0 Å². The van der Waals surface area contributed by atoms with Crippen LogP contribution in [0.25, 0.3) is 16.9 Å². The zero-order chi connectivity index (χ0) is 29.8. The molecule has 0 fully saturated rings. The third-order valence-electron chi connectivity index (χ3n) is 6.01. The molecule has 8 nitrogen and oxygen atoms in total. The summed E-state index contributed by atoms with van der Waals surface area (Å²) in [6.07, 6.45) is 4.69. The number of carbonyl (C=O) groups is 1. The molecular weight excluding hydrogens is 512 g/mol. The Hall–Kier alpha value is -4.72. The Morgan fingerprint density at radius 2 is 1.71 bits per heavy atom. The topological polar surface area (TPSA) is 94.0 Å². The molecule has 2 heterocycles. The van der Waals surface area contributed by atoms with Crippen molar-refractivity contribution in [3.8, 4) is 11.6 Å². The van der Waals surface area contributed by atoms with E-state index in [1.54, 1.807) is 31.8 Å². The van der Waals surface area contributed by atoms with Gasteiger partial charge in [-0.3, -0.25) is 9.36 Å². The maximum absolute atomic E-state index is 12.8. The van der Waals surface area contributed by atoms with Crippen LogP contribution in [0.4, 0.5) is 11.6 Å². The minimum absolute atomic E-state index is 0.0562. The van der Waals surface area contributed by atoms with Gasteiger partial charge in [-0.05, 0) is 61.4 Å². The number of methoxy groups -OCH3 is 1. The van der Waals surface area contributed by atoms with Gasteiger partial charge in [0.1, 0.15) is 17.9 Å². The van der Waals surface area contributed by atoms with Crippen molar-refractivity contribution in [1.29, 1.82) is 0 Å². The predicted molar refractivity (Wildman–Crippen MR) is 168 cm³/mol. The largest absolute Gasteiger partial charge is 0.496 e. The zero-order valence-corrected chi connectivity index (χ0v) is 25.0. The third-order valence-corrected chi connectivity index (χ3v) is 6.01. The standard InChI is InChI=1S/C28H26N6O2.C3H8.C2H6/c1-18-9-10-21(15-25(18)36-3)27(35)32-22-11-12-24-23(16-22)30-17-34(24)26-13-14-29-28(33-26)31-19(2)20-7-5-4-6-8-20;1-3-2;1-2/h4-17,19H,1-3H3,(H,32,35)(H,29,31,33);3H2,1-2H3;1-2H3/t19-;;/m0../s1. The number of nitrogens with one attached hydrogen (secondary N) is 2. The van der Waals surface area contributed by atoms with E-state index in [-0.39, 0.29) is 11.9 Å². The summed E-state index contributed by atoms with van der Waals surface area (Å²) < 4.78 is 7.23. The van der Waals surface area contributed by atoms with Crippen LogP contribution >= 0.6 is 0 Å². The summed E-state index contributed by atoms with van der Waals surface area (Å²) in [5.41, 5.74) is 4.90. The van der Waals surface area contributed by atoms with Crippen LogP contribution in [0.5, 0.6) is 5.75 Å². The lowest BCUT2D eigenvalue weighted by atomic mass is 10.1. The monoisotopic (exact) mass is 552 g/mol. The number of aromatic nitrogens is 4. The Morgan fingerprint density at radius 3 is 2.41 bits per heavy atom. The van der Waals surface area contributed by atoms with Crippen molar-refractivity contribution in [1.82, 2.24) is 19.5 Å².